The monoisotopic (exact) mass is 270 g/mol. The molecule has 0 radical (unpaired) electrons. The molecular formula is C16H18N2O2. The molecule has 0 aromatic heterocycles. The number of hydrogen-bond donors (Lipinski definition) is 1. The van der Waals surface area contributed by atoms with Crippen molar-refractivity contribution in [3.05, 3.63) is 56.3 Å². The van der Waals surface area contributed by atoms with Crippen LogP contribution < -0.4 is 21.5 Å². The summed E-state index contributed by atoms with van der Waals surface area (Å²) >= 11 is 0. The van der Waals surface area contributed by atoms with Crippen LogP contribution in [0.3, 0.4) is 0 Å². The quantitative estimate of drug-likeness (QED) is 0.855. The molecule has 1 fully saturated rings. The van der Waals surface area contributed by atoms with Crippen molar-refractivity contribution < 1.29 is 0 Å². The molecule has 0 atom stereocenters. The lowest BCUT2D eigenvalue weighted by molar-refractivity contribution is 0.403. The van der Waals surface area contributed by atoms with Crippen LogP contribution in [0, 0.1) is 5.92 Å². The molecule has 2 aromatic rings. The number of benzene rings is 1. The third-order valence-electron chi connectivity index (χ3n) is 4.22. The van der Waals surface area contributed by atoms with Gasteiger partial charge in [0.2, 0.25) is 0 Å². The van der Waals surface area contributed by atoms with Gasteiger partial charge in [0, 0.05) is 13.1 Å². The maximum absolute atomic E-state index is 11.5. The second-order valence-corrected chi connectivity index (χ2v) is 5.54. The molecule has 1 heterocycles. The highest BCUT2D eigenvalue weighted by Gasteiger charge is 2.27. The SMILES string of the molecule is Nc1c(N2CCC(Cc3ccccc3)CC2)c(=O)c1=O. The number of nitrogens with two attached hydrogens (primary N) is 1. The molecule has 0 spiro atoms. The molecule has 0 bridgehead atoms. The van der Waals surface area contributed by atoms with Crippen LogP contribution >= 0.6 is 0 Å². The van der Waals surface area contributed by atoms with Crippen LogP contribution in [0.4, 0.5) is 11.4 Å². The zero-order chi connectivity index (χ0) is 14.1. The summed E-state index contributed by atoms with van der Waals surface area (Å²) in [6.45, 7) is 1.62. The van der Waals surface area contributed by atoms with Crippen LogP contribution in [0.15, 0.2) is 39.9 Å². The van der Waals surface area contributed by atoms with E-state index in [9.17, 15) is 9.59 Å². The van der Waals surface area contributed by atoms with Crippen molar-refractivity contribution in [3.8, 4) is 0 Å². The first-order valence-electron chi connectivity index (χ1n) is 7.04. The van der Waals surface area contributed by atoms with Gasteiger partial charge >= 0.3 is 0 Å². The molecule has 2 aromatic carbocycles. The third-order valence-corrected chi connectivity index (χ3v) is 4.22. The fourth-order valence-corrected chi connectivity index (χ4v) is 3.02. The van der Waals surface area contributed by atoms with Gasteiger partial charge in [-0.2, -0.15) is 0 Å². The first kappa shape index (κ1) is 12.9. The van der Waals surface area contributed by atoms with E-state index in [1.165, 1.54) is 5.56 Å². The van der Waals surface area contributed by atoms with Gasteiger partial charge in [-0.15, -0.1) is 0 Å². The Morgan fingerprint density at radius 3 is 2.30 bits per heavy atom. The van der Waals surface area contributed by atoms with Crippen LogP contribution in [0.1, 0.15) is 18.4 Å². The van der Waals surface area contributed by atoms with Crippen molar-refractivity contribution in [2.24, 2.45) is 5.92 Å². The zero-order valence-electron chi connectivity index (χ0n) is 11.3. The Hall–Kier alpha value is -2.10. The zero-order valence-corrected chi connectivity index (χ0v) is 11.3. The van der Waals surface area contributed by atoms with Crippen molar-refractivity contribution in [1.29, 1.82) is 0 Å². The van der Waals surface area contributed by atoms with E-state index in [-0.39, 0.29) is 5.69 Å². The maximum atomic E-state index is 11.5. The van der Waals surface area contributed by atoms with Crippen LogP contribution in [0.25, 0.3) is 0 Å². The normalized spacial score (nSPS) is 16.7. The molecule has 1 aliphatic heterocycles. The van der Waals surface area contributed by atoms with Gasteiger partial charge in [0.05, 0.1) is 0 Å². The van der Waals surface area contributed by atoms with Gasteiger partial charge < -0.3 is 10.6 Å². The highest BCUT2D eigenvalue weighted by Crippen LogP contribution is 2.26. The van der Waals surface area contributed by atoms with Crippen LogP contribution in [0.2, 0.25) is 0 Å². The molecule has 1 saturated heterocycles. The van der Waals surface area contributed by atoms with Crippen LogP contribution in [-0.2, 0) is 6.42 Å². The van der Waals surface area contributed by atoms with E-state index in [0.717, 1.165) is 32.4 Å². The predicted octanol–water partition coefficient (Wildman–Crippen LogP) is 1.32. The highest BCUT2D eigenvalue weighted by molar-refractivity contribution is 5.72. The van der Waals surface area contributed by atoms with Gasteiger partial charge in [-0.3, -0.25) is 9.59 Å². The van der Waals surface area contributed by atoms with E-state index < -0.39 is 10.9 Å². The molecule has 4 heteroatoms. The summed E-state index contributed by atoms with van der Waals surface area (Å²) in [5.41, 5.74) is 6.64. The van der Waals surface area contributed by atoms with Crippen molar-refractivity contribution in [3.63, 3.8) is 0 Å². The lowest BCUT2D eigenvalue weighted by atomic mass is 9.89. The fourth-order valence-electron chi connectivity index (χ4n) is 3.02. The number of piperidine rings is 1. The minimum absolute atomic E-state index is 0.150. The van der Waals surface area contributed by atoms with E-state index in [1.807, 2.05) is 11.0 Å². The summed E-state index contributed by atoms with van der Waals surface area (Å²) in [5.74, 6) is 0.640. The second-order valence-electron chi connectivity index (χ2n) is 5.54. The minimum Gasteiger partial charge on any atom is -0.394 e. The lowest BCUT2D eigenvalue weighted by Gasteiger charge is -2.34. The highest BCUT2D eigenvalue weighted by atomic mass is 16.2. The number of nitrogens with zero attached hydrogens (tertiary/aromatic N) is 1. The van der Waals surface area contributed by atoms with E-state index >= 15 is 0 Å². The van der Waals surface area contributed by atoms with Gasteiger partial charge in [-0.05, 0) is 30.7 Å². The molecule has 0 saturated carbocycles. The molecule has 0 unspecified atom stereocenters. The number of hydrogen-bond acceptors (Lipinski definition) is 4. The molecular weight excluding hydrogens is 252 g/mol. The van der Waals surface area contributed by atoms with Gasteiger partial charge in [0.1, 0.15) is 11.4 Å². The standard InChI is InChI=1S/C16H18N2O2/c17-13-14(16(20)15(13)19)18-8-6-12(7-9-18)10-11-4-2-1-3-5-11/h1-5,12H,6-10,17H2. The molecule has 0 aliphatic carbocycles. The van der Waals surface area contributed by atoms with E-state index in [2.05, 4.69) is 24.3 Å². The Balaban J connectivity index is 1.60. The topological polar surface area (TPSA) is 63.4 Å². The summed E-state index contributed by atoms with van der Waals surface area (Å²) in [6, 6.07) is 10.5. The summed E-state index contributed by atoms with van der Waals surface area (Å²) in [6.07, 6.45) is 3.15. The second kappa shape index (κ2) is 5.12. The van der Waals surface area contributed by atoms with Crippen LogP contribution in [-0.4, -0.2) is 13.1 Å². The Kier molecular flexibility index (Phi) is 3.30. The average molecular weight is 270 g/mol. The first-order valence-corrected chi connectivity index (χ1v) is 7.04. The maximum Gasteiger partial charge on any atom is 0.253 e. The molecule has 1 aliphatic rings. The van der Waals surface area contributed by atoms with Crippen molar-refractivity contribution >= 4 is 11.4 Å². The Labute approximate surface area is 117 Å². The van der Waals surface area contributed by atoms with E-state index in [1.54, 1.807) is 0 Å². The fraction of sp³-hybridized carbons (Fsp3) is 0.375. The lowest BCUT2D eigenvalue weighted by Crippen LogP contribution is -2.45. The van der Waals surface area contributed by atoms with E-state index in [4.69, 9.17) is 5.73 Å². The van der Waals surface area contributed by atoms with Gasteiger partial charge in [0.25, 0.3) is 10.9 Å². The Morgan fingerprint density at radius 1 is 1.05 bits per heavy atom. The molecule has 20 heavy (non-hydrogen) atoms. The number of anilines is 2. The number of nitrogen functional groups attached to an aromatic ring is 1. The summed E-state index contributed by atoms with van der Waals surface area (Å²) in [7, 11) is 0. The summed E-state index contributed by atoms with van der Waals surface area (Å²) in [4.78, 5) is 24.6. The molecule has 4 nitrogen and oxygen atoms in total. The predicted molar refractivity (Wildman–Crippen MR) is 80.8 cm³/mol. The largest absolute Gasteiger partial charge is 0.394 e. The van der Waals surface area contributed by atoms with Crippen molar-refractivity contribution in [2.45, 2.75) is 19.3 Å². The smallest absolute Gasteiger partial charge is 0.253 e. The molecule has 0 amide bonds. The molecule has 3 rings (SSSR count). The van der Waals surface area contributed by atoms with Crippen molar-refractivity contribution in [2.75, 3.05) is 23.7 Å². The van der Waals surface area contributed by atoms with Crippen molar-refractivity contribution in [1.82, 2.24) is 0 Å². The Morgan fingerprint density at radius 2 is 1.70 bits per heavy atom. The third kappa shape index (κ3) is 2.22. The minimum atomic E-state index is -0.522. The van der Waals surface area contributed by atoms with Gasteiger partial charge in [-0.1, -0.05) is 30.3 Å². The van der Waals surface area contributed by atoms with Gasteiger partial charge in [-0.25, -0.2) is 0 Å². The molecule has 2 N–H and O–H groups in total. The summed E-state index contributed by atoms with van der Waals surface area (Å²) < 4.78 is 0. The Bertz CT molecular complexity index is 663. The van der Waals surface area contributed by atoms with Gasteiger partial charge in [0.15, 0.2) is 0 Å². The number of rotatable bonds is 3. The molecule has 104 valence electrons. The van der Waals surface area contributed by atoms with E-state index in [0.29, 0.717) is 11.6 Å². The van der Waals surface area contributed by atoms with Crippen LogP contribution in [0.5, 0.6) is 0 Å². The summed E-state index contributed by atoms with van der Waals surface area (Å²) in [5, 5.41) is 0. The first-order chi connectivity index (χ1) is 9.66. The average Bonchev–Trinajstić information content (AvgIpc) is 2.50.